The molecule has 31 heavy (non-hydrogen) atoms. The summed E-state index contributed by atoms with van der Waals surface area (Å²) < 4.78 is 0. The van der Waals surface area contributed by atoms with Gasteiger partial charge in [0.25, 0.3) is 5.91 Å². The van der Waals surface area contributed by atoms with E-state index in [1.165, 1.54) is 25.7 Å². The molecule has 4 N–H and O–H groups in total. The first kappa shape index (κ1) is 18.5. The second-order valence-corrected chi connectivity index (χ2v) is 11.7. The lowest BCUT2D eigenvalue weighted by Gasteiger charge is -2.65. The summed E-state index contributed by atoms with van der Waals surface area (Å²) in [6.45, 7) is 0. The number of amides is 1. The molecule has 164 valence electrons. The molecule has 0 spiro atoms. The van der Waals surface area contributed by atoms with Crippen LogP contribution in [0.15, 0.2) is 18.5 Å². The highest BCUT2D eigenvalue weighted by Crippen LogP contribution is 2.61. The Labute approximate surface area is 182 Å². The number of hydrogen-bond acceptors (Lipinski definition) is 4. The number of nitrogens with one attached hydrogen (secondary N) is 1. The number of aromatic amines is 1. The van der Waals surface area contributed by atoms with Gasteiger partial charge in [-0.15, -0.1) is 0 Å². The predicted octanol–water partition coefficient (Wildman–Crippen LogP) is 3.95. The third-order valence-corrected chi connectivity index (χ3v) is 9.63. The summed E-state index contributed by atoms with van der Waals surface area (Å²) in [5.74, 6) is 2.97. The molecule has 1 heterocycles. The zero-order chi connectivity index (χ0) is 21.0. The van der Waals surface area contributed by atoms with Gasteiger partial charge in [-0.25, -0.2) is 4.98 Å². The quantitative estimate of drug-likeness (QED) is 0.701. The Morgan fingerprint density at radius 3 is 2.58 bits per heavy atom. The maximum atomic E-state index is 14.4. The van der Waals surface area contributed by atoms with Crippen molar-refractivity contribution in [3.05, 3.63) is 24.0 Å². The number of phenols is 1. The van der Waals surface area contributed by atoms with E-state index in [0.29, 0.717) is 40.4 Å². The van der Waals surface area contributed by atoms with Crippen molar-refractivity contribution in [2.24, 2.45) is 29.4 Å². The number of aromatic nitrogens is 2. The van der Waals surface area contributed by atoms with Crippen molar-refractivity contribution in [1.82, 2.24) is 14.9 Å². The summed E-state index contributed by atoms with van der Waals surface area (Å²) in [4.78, 5) is 24.2. The van der Waals surface area contributed by atoms with Gasteiger partial charge in [0.2, 0.25) is 0 Å². The van der Waals surface area contributed by atoms with E-state index in [1.807, 2.05) is 0 Å². The number of rotatable bonds is 3. The molecular formula is C25H32N4O2. The Morgan fingerprint density at radius 1 is 1.10 bits per heavy atom. The maximum Gasteiger partial charge on any atom is 0.256 e. The van der Waals surface area contributed by atoms with Gasteiger partial charge in [-0.05, 0) is 93.6 Å². The summed E-state index contributed by atoms with van der Waals surface area (Å²) in [7, 11) is 0. The highest BCUT2D eigenvalue weighted by molar-refractivity contribution is 6.06. The molecule has 0 aliphatic heterocycles. The zero-order valence-electron chi connectivity index (χ0n) is 18.0. The Hall–Kier alpha value is -2.08. The van der Waals surface area contributed by atoms with Crippen molar-refractivity contribution in [2.45, 2.75) is 81.3 Å². The number of hydrogen-bond donors (Lipinski definition) is 3. The molecule has 6 heteroatoms. The molecule has 5 unspecified atom stereocenters. The monoisotopic (exact) mass is 420 g/mol. The molecule has 6 aliphatic rings. The standard InChI is InChI=1S/C25H32N4O2/c26-24-8-15-5-16(9-24)11-25(10-15,12-24)29(19-7-14-1-2-17(19)6-14)23(31)18-3-4-20(30)22-21(18)27-13-28-22/h3-4,13-17,19,30H,1-2,5-12,26H2,(H,27,28). The Balaban J connectivity index is 1.36. The van der Waals surface area contributed by atoms with Crippen LogP contribution in [0.1, 0.15) is 74.6 Å². The van der Waals surface area contributed by atoms with Crippen LogP contribution < -0.4 is 5.73 Å². The van der Waals surface area contributed by atoms with Gasteiger partial charge in [0.05, 0.1) is 11.9 Å². The first-order chi connectivity index (χ1) is 14.9. The highest BCUT2D eigenvalue weighted by atomic mass is 16.3. The first-order valence-corrected chi connectivity index (χ1v) is 12.2. The van der Waals surface area contributed by atoms with E-state index in [9.17, 15) is 9.90 Å². The smallest absolute Gasteiger partial charge is 0.256 e. The van der Waals surface area contributed by atoms with Crippen molar-refractivity contribution in [3.63, 3.8) is 0 Å². The molecule has 2 aromatic rings. The average molecular weight is 421 g/mol. The molecular weight excluding hydrogens is 388 g/mol. The van der Waals surface area contributed by atoms with Gasteiger partial charge in [-0.1, -0.05) is 6.42 Å². The number of nitrogens with two attached hydrogens (primary N) is 1. The van der Waals surface area contributed by atoms with Crippen molar-refractivity contribution >= 4 is 16.9 Å². The van der Waals surface area contributed by atoms with Gasteiger partial charge in [0, 0.05) is 17.1 Å². The van der Waals surface area contributed by atoms with E-state index in [1.54, 1.807) is 18.5 Å². The second kappa shape index (κ2) is 6.03. The molecule has 1 aromatic heterocycles. The summed E-state index contributed by atoms with van der Waals surface area (Å²) >= 11 is 0. The van der Waals surface area contributed by atoms with E-state index in [0.717, 1.165) is 44.4 Å². The van der Waals surface area contributed by atoms with E-state index in [4.69, 9.17) is 5.73 Å². The number of imidazole rings is 1. The molecule has 6 bridgehead atoms. The van der Waals surface area contributed by atoms with Crippen LogP contribution in [0.3, 0.4) is 0 Å². The average Bonchev–Trinajstić information content (AvgIpc) is 3.43. The lowest BCUT2D eigenvalue weighted by Crippen LogP contribution is -2.70. The number of carbonyl (C=O) groups excluding carboxylic acids is 1. The first-order valence-electron chi connectivity index (χ1n) is 12.2. The third kappa shape index (κ3) is 2.54. The number of benzene rings is 1. The molecule has 6 aliphatic carbocycles. The molecule has 8 rings (SSSR count). The van der Waals surface area contributed by atoms with Crippen molar-refractivity contribution in [1.29, 1.82) is 0 Å². The van der Waals surface area contributed by atoms with E-state index < -0.39 is 0 Å². The van der Waals surface area contributed by atoms with Crippen molar-refractivity contribution in [3.8, 4) is 5.75 Å². The van der Waals surface area contributed by atoms with Crippen LogP contribution in [-0.4, -0.2) is 43.0 Å². The number of phenolic OH excluding ortho intramolecular Hbond substituents is 1. The van der Waals surface area contributed by atoms with Crippen molar-refractivity contribution in [2.75, 3.05) is 0 Å². The number of nitrogens with zero attached hydrogens (tertiary/aromatic N) is 2. The minimum absolute atomic E-state index is 0.100. The molecule has 6 fully saturated rings. The van der Waals surface area contributed by atoms with Crippen LogP contribution in [-0.2, 0) is 0 Å². The molecule has 1 amide bonds. The largest absolute Gasteiger partial charge is 0.506 e. The highest BCUT2D eigenvalue weighted by Gasteiger charge is 2.61. The predicted molar refractivity (Wildman–Crippen MR) is 117 cm³/mol. The summed E-state index contributed by atoms with van der Waals surface area (Å²) in [5.41, 5.74) is 8.52. The molecule has 6 nitrogen and oxygen atoms in total. The fourth-order valence-corrected chi connectivity index (χ4v) is 9.13. The van der Waals surface area contributed by atoms with Gasteiger partial charge in [0.1, 0.15) is 16.8 Å². The lowest BCUT2D eigenvalue weighted by molar-refractivity contribution is -0.103. The topological polar surface area (TPSA) is 95.2 Å². The van der Waals surface area contributed by atoms with Crippen LogP contribution >= 0.6 is 0 Å². The molecule has 5 atom stereocenters. The second-order valence-electron chi connectivity index (χ2n) is 11.7. The van der Waals surface area contributed by atoms with Crippen molar-refractivity contribution < 1.29 is 9.90 Å². The molecule has 0 radical (unpaired) electrons. The Bertz CT molecular complexity index is 1060. The number of aromatic hydroxyl groups is 1. The molecule has 6 saturated carbocycles. The Morgan fingerprint density at radius 2 is 1.90 bits per heavy atom. The van der Waals surface area contributed by atoms with Crippen LogP contribution in [0.4, 0.5) is 0 Å². The minimum Gasteiger partial charge on any atom is -0.506 e. The van der Waals surface area contributed by atoms with Crippen LogP contribution in [0.25, 0.3) is 11.0 Å². The van der Waals surface area contributed by atoms with Crippen LogP contribution in [0, 0.1) is 23.7 Å². The van der Waals surface area contributed by atoms with Gasteiger partial charge in [-0.2, -0.15) is 0 Å². The minimum atomic E-state index is -0.106. The molecule has 1 aromatic carbocycles. The lowest BCUT2D eigenvalue weighted by atomic mass is 9.49. The molecule has 0 saturated heterocycles. The zero-order valence-corrected chi connectivity index (χ0v) is 18.0. The third-order valence-electron chi connectivity index (χ3n) is 9.63. The summed E-state index contributed by atoms with van der Waals surface area (Å²) in [6, 6.07) is 3.74. The van der Waals surface area contributed by atoms with Crippen LogP contribution in [0.2, 0.25) is 0 Å². The van der Waals surface area contributed by atoms with Gasteiger partial charge >= 0.3 is 0 Å². The van der Waals surface area contributed by atoms with E-state index in [2.05, 4.69) is 14.9 Å². The van der Waals surface area contributed by atoms with Gasteiger partial charge in [-0.3, -0.25) is 4.79 Å². The Kier molecular flexibility index (Phi) is 3.60. The SMILES string of the molecule is NC12CC3CC(C1)CC(N(C(=O)c1ccc(O)c4[nH]cnc14)C1CC4CCC1C4)(C3)C2. The fourth-order valence-electron chi connectivity index (χ4n) is 9.13. The number of H-pyrrole nitrogens is 1. The summed E-state index contributed by atoms with van der Waals surface area (Å²) in [6.07, 6.45) is 13.3. The van der Waals surface area contributed by atoms with E-state index >= 15 is 0 Å². The fraction of sp³-hybridized carbons (Fsp3) is 0.680. The number of carbonyl (C=O) groups is 1. The van der Waals surface area contributed by atoms with Gasteiger partial charge in [0.15, 0.2) is 0 Å². The normalized spacial score (nSPS) is 42.5. The van der Waals surface area contributed by atoms with Crippen LogP contribution in [0.5, 0.6) is 5.75 Å². The summed E-state index contributed by atoms with van der Waals surface area (Å²) in [5, 5.41) is 10.3. The van der Waals surface area contributed by atoms with Gasteiger partial charge < -0.3 is 20.7 Å². The maximum absolute atomic E-state index is 14.4. The number of fused-ring (bicyclic) bond motifs is 3. The van der Waals surface area contributed by atoms with E-state index in [-0.39, 0.29) is 22.7 Å².